The van der Waals surface area contributed by atoms with E-state index in [0.29, 0.717) is 22.9 Å². The van der Waals surface area contributed by atoms with Crippen molar-refractivity contribution >= 4 is 23.9 Å². The number of benzene rings is 1. The van der Waals surface area contributed by atoms with Gasteiger partial charge in [-0.25, -0.2) is 4.98 Å². The second kappa shape index (κ2) is 4.34. The minimum atomic E-state index is 0.483. The quantitative estimate of drug-likeness (QED) is 0.717. The van der Waals surface area contributed by atoms with Gasteiger partial charge in [0.1, 0.15) is 5.75 Å². The van der Waals surface area contributed by atoms with Gasteiger partial charge in [-0.2, -0.15) is 4.98 Å². The van der Waals surface area contributed by atoms with Crippen LogP contribution in [0.5, 0.6) is 5.75 Å². The molecule has 0 saturated heterocycles. The molecule has 0 N–H and O–H groups in total. The first-order valence-electron chi connectivity index (χ1n) is 5.37. The summed E-state index contributed by atoms with van der Waals surface area (Å²) in [5.74, 6) is 1.18. The second-order valence-electron chi connectivity index (χ2n) is 3.73. The molecule has 0 saturated carbocycles. The van der Waals surface area contributed by atoms with Crippen molar-refractivity contribution in [3.63, 3.8) is 0 Å². The van der Waals surface area contributed by atoms with E-state index in [1.807, 2.05) is 30.3 Å². The molecular weight excluding hydrogens is 248 g/mol. The van der Waals surface area contributed by atoms with Crippen molar-refractivity contribution in [1.82, 2.24) is 9.97 Å². The molecule has 3 aromatic rings. The molecule has 0 fully saturated rings. The van der Waals surface area contributed by atoms with E-state index in [-0.39, 0.29) is 0 Å². The lowest BCUT2D eigenvalue weighted by molar-refractivity contribution is 0.414. The minimum Gasteiger partial charge on any atom is -0.496 e. The zero-order valence-corrected chi connectivity index (χ0v) is 10.5. The first kappa shape index (κ1) is 11.1. The lowest BCUT2D eigenvalue weighted by Crippen LogP contribution is -1.88. The number of thiol groups is 1. The summed E-state index contributed by atoms with van der Waals surface area (Å²) in [6.07, 6.45) is 1.68. The van der Waals surface area contributed by atoms with Crippen LogP contribution >= 0.6 is 12.6 Å². The molecule has 0 aliphatic heterocycles. The number of hydrogen-bond donors (Lipinski definition) is 1. The highest BCUT2D eigenvalue weighted by atomic mass is 32.1. The Kier molecular flexibility index (Phi) is 2.68. The van der Waals surface area contributed by atoms with Crippen LogP contribution in [0.25, 0.3) is 22.7 Å². The molecule has 2 aromatic heterocycles. The number of aromatic nitrogens is 2. The van der Waals surface area contributed by atoms with Gasteiger partial charge in [-0.05, 0) is 30.3 Å². The van der Waals surface area contributed by atoms with Crippen LogP contribution in [0.1, 0.15) is 0 Å². The predicted molar refractivity (Wildman–Crippen MR) is 71.0 cm³/mol. The van der Waals surface area contributed by atoms with E-state index in [0.717, 1.165) is 10.5 Å². The van der Waals surface area contributed by atoms with E-state index < -0.39 is 0 Å². The van der Waals surface area contributed by atoms with Gasteiger partial charge >= 0.3 is 0 Å². The molecule has 5 heteroatoms. The summed E-state index contributed by atoms with van der Waals surface area (Å²) in [7, 11) is 1.61. The van der Waals surface area contributed by atoms with Gasteiger partial charge in [-0.3, -0.25) is 0 Å². The standard InChI is InChI=1S/C13H10N2O2S/c1-16-10-5-4-8(18)7-9(10)13-15-12-11(17-13)3-2-6-14-12/h2-7,18H,1H3. The third-order valence-corrected chi connectivity index (χ3v) is 2.86. The van der Waals surface area contributed by atoms with E-state index in [1.54, 1.807) is 13.3 Å². The smallest absolute Gasteiger partial charge is 0.232 e. The van der Waals surface area contributed by atoms with Crippen molar-refractivity contribution in [2.75, 3.05) is 7.11 Å². The summed E-state index contributed by atoms with van der Waals surface area (Å²) in [5, 5.41) is 0. The zero-order chi connectivity index (χ0) is 12.5. The van der Waals surface area contributed by atoms with Crippen LogP contribution in [-0.2, 0) is 0 Å². The average molecular weight is 258 g/mol. The number of nitrogens with zero attached hydrogens (tertiary/aromatic N) is 2. The van der Waals surface area contributed by atoms with Gasteiger partial charge in [0.05, 0.1) is 12.7 Å². The van der Waals surface area contributed by atoms with Crippen LogP contribution in [0, 0.1) is 0 Å². The highest BCUT2D eigenvalue weighted by Crippen LogP contribution is 2.32. The van der Waals surface area contributed by atoms with Gasteiger partial charge in [-0.15, -0.1) is 12.6 Å². The van der Waals surface area contributed by atoms with E-state index in [9.17, 15) is 0 Å². The minimum absolute atomic E-state index is 0.483. The normalized spacial score (nSPS) is 10.8. The predicted octanol–water partition coefficient (Wildman–Crippen LogP) is 3.19. The van der Waals surface area contributed by atoms with Crippen molar-refractivity contribution in [2.45, 2.75) is 4.90 Å². The van der Waals surface area contributed by atoms with E-state index >= 15 is 0 Å². The fourth-order valence-corrected chi connectivity index (χ4v) is 1.95. The molecule has 0 atom stereocenters. The maximum atomic E-state index is 5.66. The Bertz CT molecular complexity index is 676. The molecule has 0 bridgehead atoms. The fourth-order valence-electron chi connectivity index (χ4n) is 1.75. The number of hydrogen-bond acceptors (Lipinski definition) is 5. The monoisotopic (exact) mass is 258 g/mol. The molecule has 0 radical (unpaired) electrons. The molecule has 1 aromatic carbocycles. The zero-order valence-electron chi connectivity index (χ0n) is 9.62. The Labute approximate surface area is 109 Å². The Morgan fingerprint density at radius 1 is 1.28 bits per heavy atom. The first-order chi connectivity index (χ1) is 8.78. The molecule has 4 nitrogen and oxygen atoms in total. The first-order valence-corrected chi connectivity index (χ1v) is 5.81. The van der Waals surface area contributed by atoms with Crippen molar-refractivity contribution in [3.05, 3.63) is 36.5 Å². The summed E-state index contributed by atoms with van der Waals surface area (Å²) < 4.78 is 11.0. The highest BCUT2D eigenvalue weighted by molar-refractivity contribution is 7.80. The van der Waals surface area contributed by atoms with Crippen LogP contribution in [0.2, 0.25) is 0 Å². The Morgan fingerprint density at radius 2 is 2.17 bits per heavy atom. The van der Waals surface area contributed by atoms with Crippen LogP contribution < -0.4 is 4.74 Å². The third kappa shape index (κ3) is 1.82. The molecule has 0 amide bonds. The van der Waals surface area contributed by atoms with E-state index in [2.05, 4.69) is 22.6 Å². The summed E-state index contributed by atoms with van der Waals surface area (Å²) in [6.45, 7) is 0. The molecule has 18 heavy (non-hydrogen) atoms. The van der Waals surface area contributed by atoms with Gasteiger partial charge in [0.2, 0.25) is 5.89 Å². The van der Waals surface area contributed by atoms with Gasteiger partial charge in [0, 0.05) is 11.1 Å². The van der Waals surface area contributed by atoms with Gasteiger partial charge in [0.15, 0.2) is 11.2 Å². The molecule has 0 spiro atoms. The largest absolute Gasteiger partial charge is 0.496 e. The SMILES string of the molecule is COc1ccc(S)cc1-c1nc2ncccc2o1. The summed E-state index contributed by atoms with van der Waals surface area (Å²) in [5.41, 5.74) is 2.00. The van der Waals surface area contributed by atoms with Crippen LogP contribution in [0.4, 0.5) is 0 Å². The van der Waals surface area contributed by atoms with Gasteiger partial charge < -0.3 is 9.15 Å². The molecule has 0 aliphatic carbocycles. The molecule has 2 heterocycles. The van der Waals surface area contributed by atoms with E-state index in [4.69, 9.17) is 9.15 Å². The Balaban J connectivity index is 2.22. The Hall–Kier alpha value is -2.01. The van der Waals surface area contributed by atoms with Gasteiger partial charge in [-0.1, -0.05) is 0 Å². The maximum Gasteiger partial charge on any atom is 0.232 e. The number of oxazole rings is 1. The van der Waals surface area contributed by atoms with Crippen molar-refractivity contribution in [1.29, 1.82) is 0 Å². The molecule has 3 rings (SSSR count). The van der Waals surface area contributed by atoms with Crippen molar-refractivity contribution in [2.24, 2.45) is 0 Å². The summed E-state index contributed by atoms with van der Waals surface area (Å²) in [6, 6.07) is 9.18. The molecule has 90 valence electrons. The number of rotatable bonds is 2. The van der Waals surface area contributed by atoms with Gasteiger partial charge in [0.25, 0.3) is 0 Å². The average Bonchev–Trinajstić information content (AvgIpc) is 2.82. The van der Waals surface area contributed by atoms with Crippen LogP contribution in [0.3, 0.4) is 0 Å². The third-order valence-electron chi connectivity index (χ3n) is 2.58. The van der Waals surface area contributed by atoms with Crippen LogP contribution in [0.15, 0.2) is 45.8 Å². The number of methoxy groups -OCH3 is 1. The van der Waals surface area contributed by atoms with E-state index in [1.165, 1.54) is 0 Å². The number of pyridine rings is 1. The molecule has 0 unspecified atom stereocenters. The lowest BCUT2D eigenvalue weighted by Gasteiger charge is -2.05. The maximum absolute atomic E-state index is 5.66. The van der Waals surface area contributed by atoms with Crippen molar-refractivity contribution in [3.8, 4) is 17.2 Å². The van der Waals surface area contributed by atoms with Crippen LogP contribution in [-0.4, -0.2) is 17.1 Å². The topological polar surface area (TPSA) is 48.2 Å². The molecular formula is C13H10N2O2S. The molecule has 0 aliphatic rings. The fraction of sp³-hybridized carbons (Fsp3) is 0.0769. The number of fused-ring (bicyclic) bond motifs is 1. The summed E-state index contributed by atoms with van der Waals surface area (Å²) >= 11 is 4.31. The summed E-state index contributed by atoms with van der Waals surface area (Å²) in [4.78, 5) is 9.30. The lowest BCUT2D eigenvalue weighted by atomic mass is 10.2. The van der Waals surface area contributed by atoms with Crippen molar-refractivity contribution < 1.29 is 9.15 Å². The second-order valence-corrected chi connectivity index (χ2v) is 4.25. The number of ether oxygens (including phenoxy) is 1. The highest BCUT2D eigenvalue weighted by Gasteiger charge is 2.13. The Morgan fingerprint density at radius 3 is 2.94 bits per heavy atom.